The standard InChI is InChI=1S/C15H18N4OS/c1-10-7-8-12(11(2)9-10)19-15(16-17-18-19)21-14-6-4-3-5-13(14)20/h7-9,14H,3-6H2,1-2H3. The lowest BCUT2D eigenvalue weighted by Gasteiger charge is -2.19. The normalized spacial score (nSPS) is 19.0. The zero-order valence-electron chi connectivity index (χ0n) is 12.2. The molecule has 1 aromatic heterocycles. The predicted octanol–water partition coefficient (Wildman–Crippen LogP) is 2.88. The Labute approximate surface area is 128 Å². The molecule has 1 aliphatic carbocycles. The largest absolute Gasteiger partial charge is 0.298 e. The number of tetrazole rings is 1. The number of nitrogens with zero attached hydrogens (tertiary/aromatic N) is 4. The van der Waals surface area contributed by atoms with Crippen LogP contribution in [0.5, 0.6) is 0 Å². The summed E-state index contributed by atoms with van der Waals surface area (Å²) in [5.41, 5.74) is 3.30. The average Bonchev–Trinajstić information content (AvgIpc) is 2.89. The summed E-state index contributed by atoms with van der Waals surface area (Å²) in [7, 11) is 0. The van der Waals surface area contributed by atoms with E-state index < -0.39 is 0 Å². The summed E-state index contributed by atoms with van der Waals surface area (Å²) in [6.07, 6.45) is 3.72. The van der Waals surface area contributed by atoms with Crippen LogP contribution in [0.15, 0.2) is 23.4 Å². The van der Waals surface area contributed by atoms with Crippen molar-refractivity contribution in [1.29, 1.82) is 0 Å². The molecular weight excluding hydrogens is 284 g/mol. The molecule has 1 heterocycles. The maximum atomic E-state index is 12.0. The summed E-state index contributed by atoms with van der Waals surface area (Å²) in [4.78, 5) is 12.0. The first-order valence-electron chi connectivity index (χ1n) is 7.20. The van der Waals surface area contributed by atoms with Crippen molar-refractivity contribution in [2.75, 3.05) is 0 Å². The molecule has 1 saturated carbocycles. The second kappa shape index (κ2) is 5.97. The minimum atomic E-state index is -0.00532. The number of carbonyl (C=O) groups is 1. The molecule has 1 unspecified atom stereocenters. The van der Waals surface area contributed by atoms with Crippen molar-refractivity contribution in [3.05, 3.63) is 29.3 Å². The Balaban J connectivity index is 1.88. The van der Waals surface area contributed by atoms with E-state index in [1.807, 2.05) is 19.1 Å². The van der Waals surface area contributed by atoms with E-state index in [-0.39, 0.29) is 5.25 Å². The van der Waals surface area contributed by atoms with Crippen molar-refractivity contribution >= 4 is 17.5 Å². The number of carbonyl (C=O) groups excluding carboxylic acids is 1. The zero-order chi connectivity index (χ0) is 14.8. The van der Waals surface area contributed by atoms with Crippen LogP contribution in [0.1, 0.15) is 36.8 Å². The second-order valence-corrected chi connectivity index (χ2v) is 6.65. The lowest BCUT2D eigenvalue weighted by atomic mass is 9.99. The number of thioether (sulfide) groups is 1. The molecule has 0 N–H and O–H groups in total. The quantitative estimate of drug-likeness (QED) is 0.872. The Hall–Kier alpha value is -1.69. The summed E-state index contributed by atoms with van der Waals surface area (Å²) in [6.45, 7) is 4.11. The van der Waals surface area contributed by atoms with E-state index in [0.29, 0.717) is 17.4 Å². The molecule has 1 atom stereocenters. The fraction of sp³-hybridized carbons (Fsp3) is 0.467. The molecule has 6 heteroatoms. The molecular formula is C15H18N4OS. The highest BCUT2D eigenvalue weighted by molar-refractivity contribution is 8.00. The van der Waals surface area contributed by atoms with Crippen LogP contribution in [0, 0.1) is 13.8 Å². The number of hydrogen-bond donors (Lipinski definition) is 0. The summed E-state index contributed by atoms with van der Waals surface area (Å²) in [6, 6.07) is 6.18. The maximum Gasteiger partial charge on any atom is 0.214 e. The SMILES string of the molecule is Cc1ccc(-n2nnnc2SC2CCCCC2=O)c(C)c1. The highest BCUT2D eigenvalue weighted by Gasteiger charge is 2.26. The molecule has 1 aliphatic rings. The van der Waals surface area contributed by atoms with Gasteiger partial charge in [0.1, 0.15) is 5.78 Å². The maximum absolute atomic E-state index is 12.0. The van der Waals surface area contributed by atoms with Crippen molar-refractivity contribution in [2.45, 2.75) is 49.9 Å². The molecule has 0 bridgehead atoms. The third kappa shape index (κ3) is 3.00. The second-order valence-electron chi connectivity index (χ2n) is 5.48. The number of aryl methyl sites for hydroxylation is 2. The number of hydrogen-bond acceptors (Lipinski definition) is 5. The summed E-state index contributed by atoms with van der Waals surface area (Å²) in [5.74, 6) is 0.321. The van der Waals surface area contributed by atoms with Crippen molar-refractivity contribution in [1.82, 2.24) is 20.2 Å². The first kappa shape index (κ1) is 14.3. The Kier molecular flexibility index (Phi) is 4.05. The molecule has 0 spiro atoms. The predicted molar refractivity (Wildman–Crippen MR) is 81.7 cm³/mol. The topological polar surface area (TPSA) is 60.7 Å². The van der Waals surface area contributed by atoms with Gasteiger partial charge in [0.05, 0.1) is 10.9 Å². The monoisotopic (exact) mass is 302 g/mol. The highest BCUT2D eigenvalue weighted by atomic mass is 32.2. The molecule has 3 rings (SSSR count). The van der Waals surface area contributed by atoms with E-state index in [4.69, 9.17) is 0 Å². The van der Waals surface area contributed by atoms with Gasteiger partial charge in [-0.25, -0.2) is 0 Å². The molecule has 0 saturated heterocycles. The smallest absolute Gasteiger partial charge is 0.214 e. The molecule has 21 heavy (non-hydrogen) atoms. The van der Waals surface area contributed by atoms with E-state index >= 15 is 0 Å². The molecule has 2 aromatic rings. The Morgan fingerprint density at radius 3 is 2.90 bits per heavy atom. The minimum Gasteiger partial charge on any atom is -0.298 e. The van der Waals surface area contributed by atoms with Crippen LogP contribution in [0.3, 0.4) is 0 Å². The number of ketones is 1. The van der Waals surface area contributed by atoms with E-state index in [1.54, 1.807) is 4.68 Å². The van der Waals surface area contributed by atoms with E-state index in [9.17, 15) is 4.79 Å². The fourth-order valence-electron chi connectivity index (χ4n) is 2.65. The molecule has 0 radical (unpaired) electrons. The Bertz CT molecular complexity index is 667. The van der Waals surface area contributed by atoms with Crippen molar-refractivity contribution < 1.29 is 4.79 Å². The van der Waals surface area contributed by atoms with Crippen molar-refractivity contribution in [3.8, 4) is 5.69 Å². The molecule has 110 valence electrons. The third-order valence-electron chi connectivity index (χ3n) is 3.77. The van der Waals surface area contributed by atoms with Gasteiger partial charge in [-0.2, -0.15) is 4.68 Å². The van der Waals surface area contributed by atoms with Gasteiger partial charge in [-0.05, 0) is 48.7 Å². The van der Waals surface area contributed by atoms with Gasteiger partial charge in [-0.1, -0.05) is 35.9 Å². The van der Waals surface area contributed by atoms with Gasteiger partial charge in [0.2, 0.25) is 5.16 Å². The highest BCUT2D eigenvalue weighted by Crippen LogP contribution is 2.31. The van der Waals surface area contributed by atoms with Crippen molar-refractivity contribution in [3.63, 3.8) is 0 Å². The van der Waals surface area contributed by atoms with Gasteiger partial charge in [0.25, 0.3) is 0 Å². The van der Waals surface area contributed by atoms with Crippen LogP contribution in [-0.2, 0) is 4.79 Å². The van der Waals surface area contributed by atoms with Crippen LogP contribution in [-0.4, -0.2) is 31.2 Å². The molecule has 1 fully saturated rings. The van der Waals surface area contributed by atoms with E-state index in [1.165, 1.54) is 17.3 Å². The van der Waals surface area contributed by atoms with E-state index in [2.05, 4.69) is 28.5 Å². The molecule has 0 amide bonds. The number of benzene rings is 1. The van der Waals surface area contributed by atoms with Crippen LogP contribution >= 0.6 is 11.8 Å². The Morgan fingerprint density at radius 2 is 2.14 bits per heavy atom. The first-order chi connectivity index (χ1) is 10.1. The van der Waals surface area contributed by atoms with Crippen molar-refractivity contribution in [2.24, 2.45) is 0 Å². The van der Waals surface area contributed by atoms with E-state index in [0.717, 1.165) is 30.5 Å². The van der Waals surface area contributed by atoms with Gasteiger partial charge in [-0.3, -0.25) is 4.79 Å². The number of rotatable bonds is 3. The number of Topliss-reactive ketones (excluding diaryl/α,β-unsaturated/α-hetero) is 1. The van der Waals surface area contributed by atoms with Gasteiger partial charge in [0.15, 0.2) is 0 Å². The summed E-state index contributed by atoms with van der Waals surface area (Å²) in [5, 5.41) is 12.7. The van der Waals surface area contributed by atoms with Crippen LogP contribution in [0.25, 0.3) is 5.69 Å². The van der Waals surface area contributed by atoms with Crippen LogP contribution < -0.4 is 0 Å². The van der Waals surface area contributed by atoms with Crippen LogP contribution in [0.4, 0.5) is 0 Å². The zero-order valence-corrected chi connectivity index (χ0v) is 13.1. The molecule has 1 aromatic carbocycles. The van der Waals surface area contributed by atoms with Gasteiger partial charge < -0.3 is 0 Å². The average molecular weight is 302 g/mol. The van der Waals surface area contributed by atoms with Gasteiger partial charge in [0, 0.05) is 6.42 Å². The summed E-state index contributed by atoms with van der Waals surface area (Å²) >= 11 is 1.49. The third-order valence-corrected chi connectivity index (χ3v) is 5.02. The minimum absolute atomic E-state index is 0.00532. The van der Waals surface area contributed by atoms with Crippen LogP contribution in [0.2, 0.25) is 0 Å². The van der Waals surface area contributed by atoms with Gasteiger partial charge >= 0.3 is 0 Å². The molecule has 0 aliphatic heterocycles. The number of aromatic nitrogens is 4. The fourth-order valence-corrected chi connectivity index (χ4v) is 3.76. The summed E-state index contributed by atoms with van der Waals surface area (Å²) < 4.78 is 1.74. The first-order valence-corrected chi connectivity index (χ1v) is 8.08. The van der Waals surface area contributed by atoms with Gasteiger partial charge in [-0.15, -0.1) is 5.10 Å². The molecule has 5 nitrogen and oxygen atoms in total. The Morgan fingerprint density at radius 1 is 1.29 bits per heavy atom. The lowest BCUT2D eigenvalue weighted by Crippen LogP contribution is -2.21. The lowest BCUT2D eigenvalue weighted by molar-refractivity contribution is -0.119.